The third-order valence-electron chi connectivity index (χ3n) is 3.22. The Labute approximate surface area is 104 Å². The molecule has 2 amide bonds. The largest absolute Gasteiger partial charge is 0.356 e. The van der Waals surface area contributed by atoms with Crippen LogP contribution in [0.2, 0.25) is 0 Å². The van der Waals surface area contributed by atoms with Crippen LogP contribution in [0.4, 0.5) is 0 Å². The Hall–Kier alpha value is -1.06. The molecule has 0 radical (unpaired) electrons. The van der Waals surface area contributed by atoms with E-state index in [1.54, 1.807) is 4.90 Å². The highest BCUT2D eigenvalue weighted by atomic mass is 16.2. The van der Waals surface area contributed by atoms with Crippen LogP contribution in [0, 0.1) is 11.8 Å². The van der Waals surface area contributed by atoms with E-state index in [0.29, 0.717) is 6.54 Å². The Morgan fingerprint density at radius 1 is 1.24 bits per heavy atom. The molecule has 0 heterocycles. The Morgan fingerprint density at radius 3 is 2.53 bits per heavy atom. The van der Waals surface area contributed by atoms with E-state index in [1.807, 2.05) is 14.0 Å². The van der Waals surface area contributed by atoms with Crippen molar-refractivity contribution in [2.24, 2.45) is 11.8 Å². The third-order valence-corrected chi connectivity index (χ3v) is 3.22. The first-order valence-electron chi connectivity index (χ1n) is 6.64. The van der Waals surface area contributed by atoms with Crippen molar-refractivity contribution >= 4 is 11.8 Å². The Balaban J connectivity index is 2.29. The van der Waals surface area contributed by atoms with Crippen molar-refractivity contribution in [2.45, 2.75) is 39.5 Å². The first kappa shape index (κ1) is 14.0. The second-order valence-corrected chi connectivity index (χ2v) is 4.85. The van der Waals surface area contributed by atoms with Crippen LogP contribution in [0.1, 0.15) is 39.5 Å². The van der Waals surface area contributed by atoms with Crippen molar-refractivity contribution in [2.75, 3.05) is 20.1 Å². The number of rotatable bonds is 7. The van der Waals surface area contributed by atoms with Gasteiger partial charge in [-0.15, -0.1) is 0 Å². The minimum Gasteiger partial charge on any atom is -0.356 e. The molecule has 1 N–H and O–H groups in total. The number of hydrogen-bond acceptors (Lipinski definition) is 2. The summed E-state index contributed by atoms with van der Waals surface area (Å²) < 4.78 is 0. The lowest BCUT2D eigenvalue weighted by Gasteiger charge is -2.16. The number of nitrogens with one attached hydrogen (secondary N) is 1. The van der Waals surface area contributed by atoms with Gasteiger partial charge in [-0.25, -0.2) is 0 Å². The summed E-state index contributed by atoms with van der Waals surface area (Å²) in [6, 6.07) is 0. The van der Waals surface area contributed by atoms with Crippen molar-refractivity contribution in [3.8, 4) is 0 Å². The Morgan fingerprint density at radius 2 is 1.94 bits per heavy atom. The smallest absolute Gasteiger partial charge is 0.226 e. The molecule has 0 aromatic heterocycles. The predicted octanol–water partition coefficient (Wildman–Crippen LogP) is 1.41. The van der Waals surface area contributed by atoms with Gasteiger partial charge in [-0.05, 0) is 19.3 Å². The van der Waals surface area contributed by atoms with E-state index in [1.165, 1.54) is 0 Å². The van der Waals surface area contributed by atoms with E-state index in [9.17, 15) is 9.59 Å². The maximum Gasteiger partial charge on any atom is 0.226 e. The molecule has 1 fully saturated rings. The Kier molecular flexibility index (Phi) is 5.45. The van der Waals surface area contributed by atoms with Crippen molar-refractivity contribution in [3.05, 3.63) is 0 Å². The number of nitrogens with zero attached hydrogens (tertiary/aromatic N) is 1. The van der Waals surface area contributed by atoms with E-state index < -0.39 is 0 Å². The van der Waals surface area contributed by atoms with E-state index in [2.05, 4.69) is 12.2 Å². The summed E-state index contributed by atoms with van der Waals surface area (Å²) in [5, 5.41) is 2.85. The summed E-state index contributed by atoms with van der Waals surface area (Å²) in [6.45, 7) is 5.64. The number of carbonyl (C=O) groups excluding carboxylic acids is 2. The zero-order valence-corrected chi connectivity index (χ0v) is 11.2. The van der Waals surface area contributed by atoms with Gasteiger partial charge in [0.25, 0.3) is 0 Å². The van der Waals surface area contributed by atoms with Gasteiger partial charge in [-0.3, -0.25) is 9.59 Å². The number of amides is 2. The van der Waals surface area contributed by atoms with Gasteiger partial charge in [-0.2, -0.15) is 0 Å². The molecule has 4 nitrogen and oxygen atoms in total. The fourth-order valence-electron chi connectivity index (χ4n) is 1.93. The van der Waals surface area contributed by atoms with Gasteiger partial charge in [-0.1, -0.05) is 20.3 Å². The molecule has 1 rings (SSSR count). The van der Waals surface area contributed by atoms with E-state index in [-0.39, 0.29) is 23.7 Å². The van der Waals surface area contributed by atoms with Crippen LogP contribution in [0.3, 0.4) is 0 Å². The second kappa shape index (κ2) is 6.62. The highest BCUT2D eigenvalue weighted by Crippen LogP contribution is 2.39. The van der Waals surface area contributed by atoms with Crippen LogP contribution < -0.4 is 5.32 Å². The van der Waals surface area contributed by atoms with Crippen LogP contribution in [-0.4, -0.2) is 36.9 Å². The third kappa shape index (κ3) is 4.02. The predicted molar refractivity (Wildman–Crippen MR) is 67.4 cm³/mol. The molecule has 4 heteroatoms. The lowest BCUT2D eigenvalue weighted by molar-refractivity contribution is -0.133. The molecule has 1 aliphatic carbocycles. The van der Waals surface area contributed by atoms with Gasteiger partial charge in [0.15, 0.2) is 0 Å². The minimum absolute atomic E-state index is 0.0501. The highest BCUT2D eigenvalue weighted by molar-refractivity contribution is 5.92. The first-order chi connectivity index (χ1) is 8.11. The lowest BCUT2D eigenvalue weighted by Crippen LogP contribution is -2.32. The zero-order chi connectivity index (χ0) is 12.8. The number of unbranched alkanes of at least 4 members (excludes halogenated alkanes) is 1. The molecule has 1 aliphatic rings. The van der Waals surface area contributed by atoms with Gasteiger partial charge in [0.05, 0.1) is 11.8 Å². The number of carbonyl (C=O) groups is 2. The average Bonchev–Trinajstić information content (AvgIpc) is 3.12. The molecule has 2 unspecified atom stereocenters. The summed E-state index contributed by atoms with van der Waals surface area (Å²) in [4.78, 5) is 25.3. The van der Waals surface area contributed by atoms with Crippen molar-refractivity contribution < 1.29 is 9.59 Å². The van der Waals surface area contributed by atoms with Crippen LogP contribution in [0.25, 0.3) is 0 Å². The summed E-state index contributed by atoms with van der Waals surface area (Å²) in [5.74, 6) is 0.0519. The molecule has 98 valence electrons. The molecule has 0 saturated heterocycles. The lowest BCUT2D eigenvalue weighted by atomic mass is 10.2. The molecule has 2 atom stereocenters. The van der Waals surface area contributed by atoms with Crippen molar-refractivity contribution in [1.29, 1.82) is 0 Å². The standard InChI is InChI=1S/C13H24N2O2/c1-4-6-8-15(3)13(17)11-9-10(11)12(16)14-7-5-2/h10-11H,4-9H2,1-3H3,(H,14,16). The van der Waals surface area contributed by atoms with Gasteiger partial charge < -0.3 is 10.2 Å². The second-order valence-electron chi connectivity index (χ2n) is 4.85. The fraction of sp³-hybridized carbons (Fsp3) is 0.846. The maximum atomic E-state index is 11.9. The fourth-order valence-corrected chi connectivity index (χ4v) is 1.93. The van der Waals surface area contributed by atoms with Crippen molar-refractivity contribution in [1.82, 2.24) is 10.2 Å². The molecule has 0 aromatic rings. The topological polar surface area (TPSA) is 49.4 Å². The van der Waals surface area contributed by atoms with E-state index >= 15 is 0 Å². The molecular formula is C13H24N2O2. The highest BCUT2D eigenvalue weighted by Gasteiger charge is 2.48. The van der Waals surface area contributed by atoms with E-state index in [4.69, 9.17) is 0 Å². The molecule has 0 aliphatic heterocycles. The summed E-state index contributed by atoms with van der Waals surface area (Å²) in [6.07, 6.45) is 3.78. The van der Waals surface area contributed by atoms with Gasteiger partial charge in [0.2, 0.25) is 11.8 Å². The van der Waals surface area contributed by atoms with Crippen LogP contribution >= 0.6 is 0 Å². The SMILES string of the molecule is CCCCN(C)C(=O)C1CC1C(=O)NCCC. The normalized spacial score (nSPS) is 22.1. The van der Waals surface area contributed by atoms with Gasteiger partial charge >= 0.3 is 0 Å². The minimum atomic E-state index is -0.0712. The first-order valence-corrected chi connectivity index (χ1v) is 6.64. The molecule has 1 saturated carbocycles. The quantitative estimate of drug-likeness (QED) is 0.731. The maximum absolute atomic E-state index is 11.9. The molecule has 17 heavy (non-hydrogen) atoms. The van der Waals surface area contributed by atoms with Crippen molar-refractivity contribution in [3.63, 3.8) is 0 Å². The van der Waals surface area contributed by atoms with Crippen LogP contribution in [0.15, 0.2) is 0 Å². The van der Waals surface area contributed by atoms with E-state index in [0.717, 1.165) is 32.2 Å². The summed E-state index contributed by atoms with van der Waals surface area (Å²) in [7, 11) is 1.83. The van der Waals surface area contributed by atoms with Crippen LogP contribution in [0.5, 0.6) is 0 Å². The molecule has 0 bridgehead atoms. The summed E-state index contributed by atoms with van der Waals surface area (Å²) in [5.41, 5.74) is 0. The average molecular weight is 240 g/mol. The summed E-state index contributed by atoms with van der Waals surface area (Å²) >= 11 is 0. The molecule has 0 spiro atoms. The van der Waals surface area contributed by atoms with Crippen LogP contribution in [-0.2, 0) is 9.59 Å². The number of hydrogen-bond donors (Lipinski definition) is 1. The zero-order valence-electron chi connectivity index (χ0n) is 11.2. The van der Waals surface area contributed by atoms with Gasteiger partial charge in [0.1, 0.15) is 0 Å². The van der Waals surface area contributed by atoms with Gasteiger partial charge in [0, 0.05) is 20.1 Å². The molecule has 0 aromatic carbocycles. The molecular weight excluding hydrogens is 216 g/mol. The Bertz CT molecular complexity index is 279. The monoisotopic (exact) mass is 240 g/mol.